The minimum Gasteiger partial charge on any atom is -0.630 e. The molecule has 4 nitrogen and oxygen atoms in total. The Morgan fingerprint density at radius 2 is 1.52 bits per heavy atom. The average Bonchev–Trinajstić information content (AvgIpc) is 2.83. The lowest BCUT2D eigenvalue weighted by atomic mass is 9.89. The van der Waals surface area contributed by atoms with Crippen LogP contribution < -0.4 is 4.89 Å². The van der Waals surface area contributed by atoms with Gasteiger partial charge in [0.05, 0.1) is 18.3 Å². The molecule has 1 saturated carbocycles. The Bertz CT molecular complexity index is 596. The van der Waals surface area contributed by atoms with E-state index in [1.54, 1.807) is 6.21 Å². The lowest BCUT2D eigenvalue weighted by Gasteiger charge is -2.39. The van der Waals surface area contributed by atoms with Crippen molar-refractivity contribution in [3.63, 3.8) is 0 Å². The highest BCUT2D eigenvalue weighted by Gasteiger charge is 2.61. The molecule has 1 saturated heterocycles. The van der Waals surface area contributed by atoms with Crippen molar-refractivity contribution in [1.29, 1.82) is 0 Å². The summed E-state index contributed by atoms with van der Waals surface area (Å²) in [5, 5.41) is 0.697. The molecule has 0 N–H and O–H groups in total. The molecule has 0 unspecified atom stereocenters. The minimum atomic E-state index is -2.98. The fourth-order valence-corrected chi connectivity index (χ4v) is 7.79. The molecule has 0 bridgehead atoms. The second-order valence-corrected chi connectivity index (χ2v) is 10.3. The molecule has 1 aliphatic carbocycles. The highest BCUT2D eigenvalue weighted by Crippen LogP contribution is 2.69. The van der Waals surface area contributed by atoms with E-state index >= 15 is 0 Å². The Morgan fingerprint density at radius 1 is 1.04 bits per heavy atom. The lowest BCUT2D eigenvalue weighted by molar-refractivity contribution is -0.193. The molecule has 6 heteroatoms. The van der Waals surface area contributed by atoms with Crippen molar-refractivity contribution >= 4 is 25.8 Å². The lowest BCUT2D eigenvalue weighted by Crippen LogP contribution is -2.43. The first-order chi connectivity index (χ1) is 11.8. The van der Waals surface area contributed by atoms with E-state index in [2.05, 4.69) is 37.0 Å². The Kier molecular flexibility index (Phi) is 5.87. The third kappa shape index (κ3) is 3.65. The van der Waals surface area contributed by atoms with Crippen molar-refractivity contribution in [2.45, 2.75) is 77.5 Å². The fraction of sp³-hybridized carbons (Fsp3) is 0.632. The third-order valence-corrected chi connectivity index (χ3v) is 8.65. The van der Waals surface area contributed by atoms with Gasteiger partial charge in [0.2, 0.25) is 7.94 Å². The van der Waals surface area contributed by atoms with Crippen LogP contribution in [0.1, 0.15) is 58.9 Å². The molecule has 1 aromatic rings. The van der Waals surface area contributed by atoms with E-state index in [1.807, 2.05) is 24.3 Å². The highest BCUT2D eigenvalue weighted by molar-refractivity contribution is 7.63. The van der Waals surface area contributed by atoms with Gasteiger partial charge in [-0.15, -0.1) is 14.1 Å². The maximum Gasteiger partial charge on any atom is 0.238 e. The molecule has 3 rings (SSSR count). The van der Waals surface area contributed by atoms with Crippen LogP contribution in [0.3, 0.4) is 0 Å². The van der Waals surface area contributed by atoms with Gasteiger partial charge in [-0.1, -0.05) is 36.6 Å². The van der Waals surface area contributed by atoms with E-state index in [0.717, 1.165) is 18.4 Å². The summed E-state index contributed by atoms with van der Waals surface area (Å²) in [6.07, 6.45) is 6.44. The van der Waals surface area contributed by atoms with Crippen molar-refractivity contribution < 1.29 is 4.89 Å². The zero-order valence-electron chi connectivity index (χ0n) is 15.6. The first kappa shape index (κ1) is 19.3. The summed E-state index contributed by atoms with van der Waals surface area (Å²) in [7, 11) is -2.98. The zero-order chi connectivity index (χ0) is 18.2. The first-order valence-electron chi connectivity index (χ1n) is 9.33. The Labute approximate surface area is 157 Å². The SMILES string of the molecule is CC(C)N1[C@H]2CCCC[C@@H]2N(C(C)C)[P+]1([O-])/N=C/c1ccc(Cl)cc1. The van der Waals surface area contributed by atoms with Gasteiger partial charge in [0.25, 0.3) is 0 Å². The van der Waals surface area contributed by atoms with Gasteiger partial charge in [0.15, 0.2) is 0 Å². The Balaban J connectivity index is 1.99. The third-order valence-electron chi connectivity index (χ3n) is 5.26. The molecular formula is C19H29ClN3OP. The van der Waals surface area contributed by atoms with Crippen LogP contribution in [0.2, 0.25) is 5.02 Å². The van der Waals surface area contributed by atoms with Gasteiger partial charge in [-0.3, -0.25) is 0 Å². The maximum absolute atomic E-state index is 14.2. The molecule has 2 aliphatic rings. The normalized spacial score (nSPS) is 27.5. The van der Waals surface area contributed by atoms with Crippen LogP contribution in [0.5, 0.6) is 0 Å². The maximum atomic E-state index is 14.2. The fourth-order valence-electron chi connectivity index (χ4n) is 4.39. The predicted molar refractivity (Wildman–Crippen MR) is 106 cm³/mol. The summed E-state index contributed by atoms with van der Waals surface area (Å²) >= 11 is 5.96. The monoisotopic (exact) mass is 381 g/mol. The summed E-state index contributed by atoms with van der Waals surface area (Å²) in [6.45, 7) is 8.56. The van der Waals surface area contributed by atoms with Gasteiger partial charge >= 0.3 is 0 Å². The standard InChI is InChI=1S/C19H29ClN3OP/c1-14(2)22-18-7-5-6-8-19(18)23(15(3)4)25(22,24)21-13-16-9-11-17(20)12-10-16/h9-15,18-19H,5-8H2,1-4H3/b21-13+/t18-,19-/m0/s1. The van der Waals surface area contributed by atoms with E-state index in [1.165, 1.54) is 12.8 Å². The van der Waals surface area contributed by atoms with Crippen molar-refractivity contribution in [2.75, 3.05) is 0 Å². The smallest absolute Gasteiger partial charge is 0.238 e. The molecule has 2 atom stereocenters. The number of hydrogen-bond acceptors (Lipinski definition) is 4. The van der Waals surface area contributed by atoms with Gasteiger partial charge in [0.1, 0.15) is 0 Å². The molecule has 0 spiro atoms. The molecular weight excluding hydrogens is 353 g/mol. The first-order valence-corrected chi connectivity index (χ1v) is 11.3. The molecule has 0 amide bonds. The van der Waals surface area contributed by atoms with Crippen molar-refractivity contribution in [3.05, 3.63) is 34.9 Å². The topological polar surface area (TPSA) is 41.9 Å². The van der Waals surface area contributed by atoms with E-state index in [4.69, 9.17) is 16.4 Å². The van der Waals surface area contributed by atoms with E-state index in [9.17, 15) is 4.89 Å². The number of benzene rings is 1. The highest BCUT2D eigenvalue weighted by atomic mass is 35.5. The largest absolute Gasteiger partial charge is 0.630 e. The van der Waals surface area contributed by atoms with Crippen molar-refractivity contribution in [3.8, 4) is 0 Å². The van der Waals surface area contributed by atoms with E-state index < -0.39 is 7.94 Å². The molecule has 138 valence electrons. The second-order valence-electron chi connectivity index (χ2n) is 7.68. The molecule has 1 heterocycles. The number of fused-ring (bicyclic) bond motifs is 1. The summed E-state index contributed by atoms with van der Waals surface area (Å²) in [5.74, 6) is 0. The van der Waals surface area contributed by atoms with Crippen LogP contribution in [0.15, 0.2) is 29.0 Å². The predicted octanol–water partition coefficient (Wildman–Crippen LogP) is 4.54. The summed E-state index contributed by atoms with van der Waals surface area (Å²) in [6, 6.07) is 8.64. The molecule has 1 aromatic carbocycles. The molecule has 0 aromatic heterocycles. The van der Waals surface area contributed by atoms with E-state index in [0.29, 0.717) is 17.1 Å². The van der Waals surface area contributed by atoms with Crippen LogP contribution in [0, 0.1) is 0 Å². The average molecular weight is 382 g/mol. The van der Waals surface area contributed by atoms with Crippen LogP contribution in [0.4, 0.5) is 0 Å². The molecule has 2 fully saturated rings. The molecule has 1 aliphatic heterocycles. The van der Waals surface area contributed by atoms with Crippen LogP contribution >= 0.6 is 19.5 Å². The summed E-state index contributed by atoms with van der Waals surface area (Å²) < 4.78 is 9.15. The number of halogens is 1. The number of nitrogens with zero attached hydrogens (tertiary/aromatic N) is 3. The zero-order valence-corrected chi connectivity index (χ0v) is 17.3. The summed E-state index contributed by atoms with van der Waals surface area (Å²) in [5.41, 5.74) is 0.932. The molecule has 25 heavy (non-hydrogen) atoms. The minimum absolute atomic E-state index is 0.211. The van der Waals surface area contributed by atoms with E-state index in [-0.39, 0.29) is 12.1 Å². The number of rotatable bonds is 4. The van der Waals surface area contributed by atoms with Gasteiger partial charge in [-0.2, -0.15) is 0 Å². The van der Waals surface area contributed by atoms with Gasteiger partial charge in [-0.05, 0) is 58.2 Å². The van der Waals surface area contributed by atoms with Crippen molar-refractivity contribution in [2.24, 2.45) is 4.76 Å². The van der Waals surface area contributed by atoms with Gasteiger partial charge in [0, 0.05) is 17.1 Å². The molecule has 0 radical (unpaired) electrons. The quantitative estimate of drug-likeness (QED) is 0.568. The summed E-state index contributed by atoms with van der Waals surface area (Å²) in [4.78, 5) is 14.2. The Morgan fingerprint density at radius 3 is 1.96 bits per heavy atom. The van der Waals surface area contributed by atoms with Gasteiger partial charge < -0.3 is 4.89 Å². The van der Waals surface area contributed by atoms with Crippen molar-refractivity contribution in [1.82, 2.24) is 9.34 Å². The Hall–Kier alpha value is -0.510. The van der Waals surface area contributed by atoms with Crippen LogP contribution in [-0.2, 0) is 0 Å². The number of hydrogen-bond donors (Lipinski definition) is 0. The second kappa shape index (κ2) is 7.62. The van der Waals surface area contributed by atoms with Crippen LogP contribution in [-0.4, -0.2) is 39.7 Å². The van der Waals surface area contributed by atoms with Gasteiger partial charge in [-0.25, -0.2) is 0 Å². The van der Waals surface area contributed by atoms with Crippen LogP contribution in [0.25, 0.3) is 0 Å².